The molecule has 0 amide bonds. The Bertz CT molecular complexity index is 567. The smallest absolute Gasteiger partial charge is 0.348 e. The van der Waals surface area contributed by atoms with E-state index in [1.807, 2.05) is 4.57 Å². The molecule has 0 aromatic carbocycles. The van der Waals surface area contributed by atoms with Gasteiger partial charge in [0.15, 0.2) is 0 Å². The third-order valence-corrected chi connectivity index (χ3v) is 5.34. The van der Waals surface area contributed by atoms with Crippen molar-refractivity contribution in [3.8, 4) is 0 Å². The van der Waals surface area contributed by atoms with E-state index in [1.165, 1.54) is 11.3 Å². The topological polar surface area (TPSA) is 47.4 Å². The summed E-state index contributed by atoms with van der Waals surface area (Å²) in [5.41, 5.74) is 2.52. The Morgan fingerprint density at radius 1 is 1.23 bits per heavy atom. The van der Waals surface area contributed by atoms with Gasteiger partial charge in [-0.1, -0.05) is 6.92 Å². The van der Waals surface area contributed by atoms with Crippen LogP contribution < -0.4 is 5.69 Å². The molecule has 1 aromatic rings. The van der Waals surface area contributed by atoms with Crippen molar-refractivity contribution in [3.05, 3.63) is 21.7 Å². The van der Waals surface area contributed by atoms with Gasteiger partial charge in [0.2, 0.25) is 0 Å². The van der Waals surface area contributed by atoms with E-state index in [4.69, 9.17) is 4.74 Å². The number of morpholine rings is 1. The summed E-state index contributed by atoms with van der Waals surface area (Å²) in [6.45, 7) is 7.63. The molecular weight excluding hydrogens is 298 g/mol. The molecule has 0 saturated carbocycles. The molecule has 6 heteroatoms. The Hall–Kier alpha value is -0.850. The minimum atomic E-state index is -0.0569. The molecule has 0 bridgehead atoms. The summed E-state index contributed by atoms with van der Waals surface area (Å²) in [5, 5.41) is 0.976. The number of thioether (sulfide) groups is 1. The Labute approximate surface area is 136 Å². The lowest BCUT2D eigenvalue weighted by molar-refractivity contribution is 0.0368. The summed E-state index contributed by atoms with van der Waals surface area (Å²) in [6.07, 6.45) is 4.27. The highest BCUT2D eigenvalue weighted by Gasteiger charge is 2.21. The van der Waals surface area contributed by atoms with Crippen LogP contribution >= 0.6 is 11.8 Å². The summed E-state index contributed by atoms with van der Waals surface area (Å²) in [6, 6.07) is 0. The highest BCUT2D eigenvalue weighted by Crippen LogP contribution is 2.28. The van der Waals surface area contributed by atoms with Crippen molar-refractivity contribution in [2.45, 2.75) is 44.2 Å². The van der Waals surface area contributed by atoms with Crippen LogP contribution in [0.4, 0.5) is 0 Å². The van der Waals surface area contributed by atoms with Crippen LogP contribution in [0.15, 0.2) is 9.82 Å². The Kier molecular flexibility index (Phi) is 5.55. The summed E-state index contributed by atoms with van der Waals surface area (Å²) < 4.78 is 7.30. The lowest BCUT2D eigenvalue weighted by Gasteiger charge is -2.26. The van der Waals surface area contributed by atoms with Gasteiger partial charge in [-0.2, -0.15) is 4.98 Å². The number of nitrogens with zero attached hydrogens (tertiary/aromatic N) is 3. The fourth-order valence-electron chi connectivity index (χ4n) is 3.35. The van der Waals surface area contributed by atoms with E-state index >= 15 is 0 Å². The zero-order valence-electron chi connectivity index (χ0n) is 13.3. The number of hydrogen-bond acceptors (Lipinski definition) is 5. The predicted octanol–water partition coefficient (Wildman–Crippen LogP) is 1.57. The summed E-state index contributed by atoms with van der Waals surface area (Å²) in [4.78, 5) is 19.1. The fraction of sp³-hybridized carbons (Fsp3) is 0.750. The van der Waals surface area contributed by atoms with E-state index in [2.05, 4.69) is 16.8 Å². The number of rotatable bonds is 6. The van der Waals surface area contributed by atoms with E-state index in [1.54, 1.807) is 11.8 Å². The summed E-state index contributed by atoms with van der Waals surface area (Å²) >= 11 is 1.70. The van der Waals surface area contributed by atoms with Gasteiger partial charge in [-0.15, -0.1) is 11.8 Å². The number of fused-ring (bicyclic) bond motifs is 1. The molecule has 1 aliphatic heterocycles. The Morgan fingerprint density at radius 3 is 2.82 bits per heavy atom. The predicted molar refractivity (Wildman–Crippen MR) is 88.8 cm³/mol. The van der Waals surface area contributed by atoms with Gasteiger partial charge in [-0.25, -0.2) is 4.79 Å². The zero-order chi connectivity index (χ0) is 15.4. The molecule has 0 N–H and O–H groups in total. The first kappa shape index (κ1) is 16.0. The SMILES string of the molecule is CCSc1nc(=O)n(CCCN2CCOCC2)c2c1CCC2. The summed E-state index contributed by atoms with van der Waals surface area (Å²) in [7, 11) is 0. The van der Waals surface area contributed by atoms with Crippen LogP contribution in [0.1, 0.15) is 31.0 Å². The number of ether oxygens (including phenoxy) is 1. The maximum absolute atomic E-state index is 12.4. The monoisotopic (exact) mass is 323 g/mol. The second-order valence-corrected chi connectivity index (χ2v) is 7.12. The highest BCUT2D eigenvalue weighted by molar-refractivity contribution is 7.99. The van der Waals surface area contributed by atoms with Crippen LogP contribution in [0.2, 0.25) is 0 Å². The van der Waals surface area contributed by atoms with Gasteiger partial charge >= 0.3 is 5.69 Å². The van der Waals surface area contributed by atoms with Gasteiger partial charge in [0.1, 0.15) is 5.03 Å². The van der Waals surface area contributed by atoms with E-state index in [9.17, 15) is 4.79 Å². The molecule has 1 aromatic heterocycles. The minimum Gasteiger partial charge on any atom is -0.379 e. The van der Waals surface area contributed by atoms with Crippen molar-refractivity contribution in [3.63, 3.8) is 0 Å². The van der Waals surface area contributed by atoms with Gasteiger partial charge in [0.25, 0.3) is 0 Å². The summed E-state index contributed by atoms with van der Waals surface area (Å²) in [5.74, 6) is 0.972. The average Bonchev–Trinajstić information content (AvgIpc) is 3.01. The second-order valence-electron chi connectivity index (χ2n) is 5.87. The highest BCUT2D eigenvalue weighted by atomic mass is 32.2. The second kappa shape index (κ2) is 7.62. The van der Waals surface area contributed by atoms with Gasteiger partial charge in [0.05, 0.1) is 13.2 Å². The molecule has 2 heterocycles. The largest absolute Gasteiger partial charge is 0.379 e. The standard InChI is InChI=1S/C16H25N3O2S/c1-2-22-15-13-5-3-6-14(13)19(16(20)17-15)8-4-7-18-9-11-21-12-10-18/h2-12H2,1H3. The first-order valence-electron chi connectivity index (χ1n) is 8.35. The zero-order valence-corrected chi connectivity index (χ0v) is 14.2. The molecular formula is C16H25N3O2S. The minimum absolute atomic E-state index is 0.0569. The van der Waals surface area contributed by atoms with E-state index < -0.39 is 0 Å². The van der Waals surface area contributed by atoms with Crippen LogP contribution in [-0.4, -0.2) is 53.1 Å². The lowest BCUT2D eigenvalue weighted by Crippen LogP contribution is -2.37. The van der Waals surface area contributed by atoms with Crippen LogP contribution in [0.25, 0.3) is 0 Å². The molecule has 1 saturated heterocycles. The maximum Gasteiger partial charge on any atom is 0.348 e. The lowest BCUT2D eigenvalue weighted by atomic mass is 10.2. The van der Waals surface area contributed by atoms with Crippen LogP contribution in [0.5, 0.6) is 0 Å². The molecule has 122 valence electrons. The van der Waals surface area contributed by atoms with Crippen molar-refractivity contribution in [2.75, 3.05) is 38.6 Å². The average molecular weight is 323 g/mol. The van der Waals surface area contributed by atoms with Crippen molar-refractivity contribution < 1.29 is 4.74 Å². The molecule has 22 heavy (non-hydrogen) atoms. The number of hydrogen-bond donors (Lipinski definition) is 0. The maximum atomic E-state index is 12.4. The molecule has 0 atom stereocenters. The van der Waals surface area contributed by atoms with Gasteiger partial charge in [0, 0.05) is 37.4 Å². The molecule has 0 unspecified atom stereocenters. The Morgan fingerprint density at radius 2 is 2.05 bits per heavy atom. The molecule has 2 aliphatic rings. The molecule has 0 spiro atoms. The Balaban J connectivity index is 1.68. The van der Waals surface area contributed by atoms with Crippen LogP contribution in [-0.2, 0) is 24.1 Å². The third-order valence-electron chi connectivity index (χ3n) is 4.44. The molecule has 5 nitrogen and oxygen atoms in total. The first-order valence-corrected chi connectivity index (χ1v) is 9.33. The molecule has 1 aliphatic carbocycles. The van der Waals surface area contributed by atoms with Crippen molar-refractivity contribution >= 4 is 11.8 Å². The van der Waals surface area contributed by atoms with Gasteiger partial charge in [-0.05, 0) is 31.4 Å². The van der Waals surface area contributed by atoms with Gasteiger partial charge in [-0.3, -0.25) is 9.47 Å². The van der Waals surface area contributed by atoms with E-state index in [0.29, 0.717) is 0 Å². The quantitative estimate of drug-likeness (QED) is 0.587. The molecule has 1 fully saturated rings. The van der Waals surface area contributed by atoms with Crippen LogP contribution in [0.3, 0.4) is 0 Å². The number of aromatic nitrogens is 2. The first-order chi connectivity index (χ1) is 10.8. The van der Waals surface area contributed by atoms with Crippen molar-refractivity contribution in [2.24, 2.45) is 0 Å². The van der Waals surface area contributed by atoms with Crippen molar-refractivity contribution in [1.29, 1.82) is 0 Å². The van der Waals surface area contributed by atoms with Crippen molar-refractivity contribution in [1.82, 2.24) is 14.5 Å². The molecule has 3 rings (SSSR count). The van der Waals surface area contributed by atoms with E-state index in [0.717, 1.165) is 75.9 Å². The fourth-order valence-corrected chi connectivity index (χ4v) is 4.16. The van der Waals surface area contributed by atoms with Gasteiger partial charge < -0.3 is 4.74 Å². The van der Waals surface area contributed by atoms with E-state index in [-0.39, 0.29) is 5.69 Å². The molecule has 0 radical (unpaired) electrons. The third kappa shape index (κ3) is 3.55. The normalized spacial score (nSPS) is 18.6. The van der Waals surface area contributed by atoms with Crippen LogP contribution in [0, 0.1) is 0 Å².